The summed E-state index contributed by atoms with van der Waals surface area (Å²) in [7, 11) is 1.63. The van der Waals surface area contributed by atoms with Crippen molar-refractivity contribution in [3.63, 3.8) is 0 Å². The lowest BCUT2D eigenvalue weighted by atomic mass is 10.1. The van der Waals surface area contributed by atoms with E-state index >= 15 is 0 Å². The van der Waals surface area contributed by atoms with E-state index in [0.29, 0.717) is 18.3 Å². The Morgan fingerprint density at radius 3 is 2.58 bits per heavy atom. The number of methoxy groups -OCH3 is 1. The molecule has 0 amide bonds. The van der Waals surface area contributed by atoms with E-state index in [1.807, 2.05) is 19.9 Å². The summed E-state index contributed by atoms with van der Waals surface area (Å²) in [5, 5.41) is 3.25. The van der Waals surface area contributed by atoms with E-state index in [-0.39, 0.29) is 5.60 Å². The molecule has 1 heterocycles. The van der Waals surface area contributed by atoms with E-state index in [0.717, 1.165) is 25.2 Å². The molecule has 1 N–H and O–H groups in total. The number of ether oxygens (including phenoxy) is 2. The minimum atomic E-state index is -0.235. The fraction of sp³-hybridized carbons (Fsp3) is 0.714. The average Bonchev–Trinajstić information content (AvgIpc) is 2.36. The fourth-order valence-corrected chi connectivity index (χ4v) is 1.42. The summed E-state index contributed by atoms with van der Waals surface area (Å²) in [6, 6.07) is 1.84. The van der Waals surface area contributed by atoms with Gasteiger partial charge in [-0.25, -0.2) is 4.98 Å². The Kier molecular flexibility index (Phi) is 6.02. The molecule has 0 radical (unpaired) electrons. The number of hydrogen-bond donors (Lipinski definition) is 1. The van der Waals surface area contributed by atoms with Crippen LogP contribution in [-0.4, -0.2) is 29.2 Å². The van der Waals surface area contributed by atoms with Gasteiger partial charge in [-0.05, 0) is 26.7 Å². The van der Waals surface area contributed by atoms with E-state index in [1.54, 1.807) is 7.11 Å². The first-order valence-electron chi connectivity index (χ1n) is 6.80. The maximum absolute atomic E-state index is 5.91. The van der Waals surface area contributed by atoms with Crippen LogP contribution < -0.4 is 10.1 Å². The van der Waals surface area contributed by atoms with Crippen molar-refractivity contribution >= 4 is 5.82 Å². The largest absolute Gasteiger partial charge is 0.472 e. The molecule has 0 fully saturated rings. The van der Waals surface area contributed by atoms with Crippen LogP contribution in [0, 0.1) is 0 Å². The molecule has 0 saturated carbocycles. The van der Waals surface area contributed by atoms with Crippen molar-refractivity contribution in [1.82, 2.24) is 9.97 Å². The van der Waals surface area contributed by atoms with Gasteiger partial charge in [0.25, 0.3) is 0 Å². The summed E-state index contributed by atoms with van der Waals surface area (Å²) < 4.78 is 11.0. The van der Waals surface area contributed by atoms with Crippen molar-refractivity contribution in [3.8, 4) is 5.88 Å². The average molecular weight is 267 g/mol. The molecule has 0 aliphatic carbocycles. The standard InChI is InChI=1S/C14H25N3O2/c1-6-8-15-11-9-13(19-14(3,4)7-2)17-12(16-11)10-18-5/h9H,6-8,10H2,1-5H3,(H,15,16,17). The third-order valence-electron chi connectivity index (χ3n) is 2.81. The molecule has 0 saturated heterocycles. The lowest BCUT2D eigenvalue weighted by molar-refractivity contribution is 0.0972. The smallest absolute Gasteiger partial charge is 0.219 e. The quantitative estimate of drug-likeness (QED) is 0.784. The predicted octanol–water partition coefficient (Wildman–Crippen LogP) is 3.01. The van der Waals surface area contributed by atoms with Gasteiger partial charge in [-0.3, -0.25) is 0 Å². The topological polar surface area (TPSA) is 56.3 Å². The van der Waals surface area contributed by atoms with Crippen molar-refractivity contribution < 1.29 is 9.47 Å². The van der Waals surface area contributed by atoms with E-state index < -0.39 is 0 Å². The summed E-state index contributed by atoms with van der Waals surface area (Å²) in [6.07, 6.45) is 1.95. The number of rotatable bonds is 8. The first kappa shape index (κ1) is 15.7. The SMILES string of the molecule is CCCNc1cc(OC(C)(C)CC)nc(COC)n1. The summed E-state index contributed by atoms with van der Waals surface area (Å²) in [5.41, 5.74) is -0.235. The highest BCUT2D eigenvalue weighted by molar-refractivity contribution is 5.38. The Balaban J connectivity index is 2.91. The van der Waals surface area contributed by atoms with Gasteiger partial charge in [0.1, 0.15) is 18.0 Å². The zero-order valence-corrected chi connectivity index (χ0v) is 12.6. The van der Waals surface area contributed by atoms with Gasteiger partial charge < -0.3 is 14.8 Å². The second-order valence-corrected chi connectivity index (χ2v) is 5.08. The molecule has 1 rings (SSSR count). The first-order chi connectivity index (χ1) is 9.00. The van der Waals surface area contributed by atoms with Gasteiger partial charge in [0.15, 0.2) is 5.82 Å². The highest BCUT2D eigenvalue weighted by Crippen LogP contribution is 2.21. The molecule has 108 valence electrons. The number of nitrogens with zero attached hydrogens (tertiary/aromatic N) is 2. The first-order valence-corrected chi connectivity index (χ1v) is 6.80. The van der Waals surface area contributed by atoms with Gasteiger partial charge in [0.05, 0.1) is 0 Å². The van der Waals surface area contributed by atoms with E-state index in [1.165, 1.54) is 0 Å². The number of aromatic nitrogens is 2. The molecule has 1 aromatic heterocycles. The Morgan fingerprint density at radius 2 is 2.00 bits per heavy atom. The van der Waals surface area contributed by atoms with E-state index in [2.05, 4.69) is 29.1 Å². The Morgan fingerprint density at radius 1 is 1.26 bits per heavy atom. The van der Waals surface area contributed by atoms with Crippen LogP contribution in [0.25, 0.3) is 0 Å². The molecule has 1 aromatic rings. The zero-order valence-electron chi connectivity index (χ0n) is 12.6. The zero-order chi connectivity index (χ0) is 14.3. The number of hydrogen-bond acceptors (Lipinski definition) is 5. The van der Waals surface area contributed by atoms with Gasteiger partial charge >= 0.3 is 0 Å². The Bertz CT molecular complexity index is 394. The Hall–Kier alpha value is -1.36. The van der Waals surface area contributed by atoms with Crippen molar-refractivity contribution in [1.29, 1.82) is 0 Å². The summed E-state index contributed by atoms with van der Waals surface area (Å²) in [6.45, 7) is 9.55. The second-order valence-electron chi connectivity index (χ2n) is 5.08. The van der Waals surface area contributed by atoms with Crippen molar-refractivity contribution in [2.75, 3.05) is 19.0 Å². The summed E-state index contributed by atoms with van der Waals surface area (Å²) >= 11 is 0. The second kappa shape index (κ2) is 7.28. The Labute approximate surface area is 115 Å². The van der Waals surface area contributed by atoms with Crippen molar-refractivity contribution in [2.24, 2.45) is 0 Å². The molecular formula is C14H25N3O2. The van der Waals surface area contributed by atoms with Crippen LogP contribution in [0.1, 0.15) is 46.4 Å². The van der Waals surface area contributed by atoms with Gasteiger partial charge in [0.2, 0.25) is 5.88 Å². The van der Waals surface area contributed by atoms with Gasteiger partial charge in [0, 0.05) is 19.7 Å². The molecule has 0 aliphatic heterocycles. The van der Waals surface area contributed by atoms with Crippen molar-refractivity contribution in [3.05, 3.63) is 11.9 Å². The maximum atomic E-state index is 5.91. The minimum Gasteiger partial charge on any atom is -0.472 e. The predicted molar refractivity (Wildman–Crippen MR) is 76.5 cm³/mol. The normalized spacial score (nSPS) is 11.4. The highest BCUT2D eigenvalue weighted by Gasteiger charge is 2.18. The number of anilines is 1. The van der Waals surface area contributed by atoms with E-state index in [4.69, 9.17) is 9.47 Å². The third-order valence-corrected chi connectivity index (χ3v) is 2.81. The van der Waals surface area contributed by atoms with Gasteiger partial charge in [-0.15, -0.1) is 0 Å². The summed E-state index contributed by atoms with van der Waals surface area (Å²) in [4.78, 5) is 8.76. The molecule has 19 heavy (non-hydrogen) atoms. The monoisotopic (exact) mass is 267 g/mol. The number of nitrogens with one attached hydrogen (secondary N) is 1. The molecule has 0 unspecified atom stereocenters. The third kappa shape index (κ3) is 5.42. The molecule has 0 bridgehead atoms. The van der Waals surface area contributed by atoms with Gasteiger partial charge in [-0.2, -0.15) is 4.98 Å². The highest BCUT2D eigenvalue weighted by atomic mass is 16.5. The maximum Gasteiger partial charge on any atom is 0.219 e. The molecule has 5 heteroatoms. The van der Waals surface area contributed by atoms with E-state index in [9.17, 15) is 0 Å². The molecule has 0 spiro atoms. The van der Waals surface area contributed by atoms with Crippen LogP contribution in [0.2, 0.25) is 0 Å². The lowest BCUT2D eigenvalue weighted by Crippen LogP contribution is -2.27. The fourth-order valence-electron chi connectivity index (χ4n) is 1.42. The minimum absolute atomic E-state index is 0.235. The molecular weight excluding hydrogens is 242 g/mol. The molecule has 0 atom stereocenters. The van der Waals surface area contributed by atoms with Crippen LogP contribution in [0.4, 0.5) is 5.82 Å². The van der Waals surface area contributed by atoms with Crippen LogP contribution in [0.3, 0.4) is 0 Å². The summed E-state index contributed by atoms with van der Waals surface area (Å²) in [5.74, 6) is 2.00. The van der Waals surface area contributed by atoms with Crippen LogP contribution >= 0.6 is 0 Å². The van der Waals surface area contributed by atoms with Crippen LogP contribution in [-0.2, 0) is 11.3 Å². The molecule has 0 aromatic carbocycles. The molecule has 0 aliphatic rings. The lowest BCUT2D eigenvalue weighted by Gasteiger charge is -2.24. The van der Waals surface area contributed by atoms with Gasteiger partial charge in [-0.1, -0.05) is 13.8 Å². The van der Waals surface area contributed by atoms with Crippen molar-refractivity contribution in [2.45, 2.75) is 52.7 Å². The van der Waals surface area contributed by atoms with Crippen LogP contribution in [0.5, 0.6) is 5.88 Å². The van der Waals surface area contributed by atoms with Crippen LogP contribution in [0.15, 0.2) is 6.07 Å². The molecule has 5 nitrogen and oxygen atoms in total.